The molecule has 0 unspecified atom stereocenters. The van der Waals surface area contributed by atoms with Gasteiger partial charge in [-0.25, -0.2) is 4.79 Å². The highest BCUT2D eigenvalue weighted by atomic mass is 16.5. The number of carbonyl (C=O) groups is 2. The first-order valence-corrected chi connectivity index (χ1v) is 9.92. The summed E-state index contributed by atoms with van der Waals surface area (Å²) >= 11 is 0. The maximum Gasteiger partial charge on any atom is 0.328 e. The molecule has 0 saturated carbocycles. The van der Waals surface area contributed by atoms with Gasteiger partial charge < -0.3 is 25.8 Å². The number of ether oxygens (including phenoxy) is 2. The van der Waals surface area contributed by atoms with Crippen LogP contribution in [0.1, 0.15) is 27.2 Å². The lowest BCUT2D eigenvalue weighted by Gasteiger charge is -2.32. The van der Waals surface area contributed by atoms with Crippen LogP contribution in [0.5, 0.6) is 5.75 Å². The number of methoxy groups -OCH3 is 2. The van der Waals surface area contributed by atoms with E-state index >= 15 is 0 Å². The van der Waals surface area contributed by atoms with Gasteiger partial charge in [0.1, 0.15) is 17.6 Å². The van der Waals surface area contributed by atoms with E-state index in [2.05, 4.69) is 16.9 Å². The maximum absolute atomic E-state index is 13.0. The van der Waals surface area contributed by atoms with Gasteiger partial charge in [0.15, 0.2) is 0 Å². The SMILES string of the molecule is C=NN(/N=C(\N)[C@@H]1C[C@@H](C(=O)OC)N(C(=O)[C@@H](N)C(C)(C)C)C1)c1ccc(OC)cc1. The van der Waals surface area contributed by atoms with Gasteiger partial charge in [-0.2, -0.15) is 10.2 Å². The highest BCUT2D eigenvalue weighted by molar-refractivity contribution is 5.92. The van der Waals surface area contributed by atoms with Gasteiger partial charge in [-0.15, -0.1) is 5.10 Å². The number of benzene rings is 1. The van der Waals surface area contributed by atoms with E-state index in [1.807, 2.05) is 20.8 Å². The molecule has 31 heavy (non-hydrogen) atoms. The lowest BCUT2D eigenvalue weighted by atomic mass is 9.86. The largest absolute Gasteiger partial charge is 0.497 e. The van der Waals surface area contributed by atoms with E-state index in [1.165, 1.54) is 17.1 Å². The molecule has 1 amide bonds. The smallest absolute Gasteiger partial charge is 0.328 e. The van der Waals surface area contributed by atoms with Crippen molar-refractivity contribution < 1.29 is 19.1 Å². The molecular weight excluding hydrogens is 400 g/mol. The zero-order chi connectivity index (χ0) is 23.3. The van der Waals surface area contributed by atoms with Gasteiger partial charge in [0.2, 0.25) is 5.91 Å². The average Bonchev–Trinajstić information content (AvgIpc) is 3.20. The Morgan fingerprint density at radius 3 is 2.35 bits per heavy atom. The molecule has 4 N–H and O–H groups in total. The van der Waals surface area contributed by atoms with Crippen LogP contribution in [0.3, 0.4) is 0 Å². The Kier molecular flexibility index (Phi) is 7.61. The standard InChI is InChI=1S/C21H32N6O4/c1-21(2,3)17(22)19(28)26-12-13(11-16(26)20(29)31-6)18(23)25-27(24-4)14-7-9-15(30-5)10-8-14/h7-10,13,16-17H,4,11-12,22H2,1-3,5-6H3,(H2,23,25)/t13-,16+,17-/m1/s1. The van der Waals surface area contributed by atoms with Gasteiger partial charge in [0.05, 0.1) is 25.9 Å². The topological polar surface area (TPSA) is 136 Å². The second-order valence-electron chi connectivity index (χ2n) is 8.46. The number of amidine groups is 1. The van der Waals surface area contributed by atoms with E-state index in [9.17, 15) is 9.59 Å². The van der Waals surface area contributed by atoms with Crippen LogP contribution in [-0.2, 0) is 14.3 Å². The van der Waals surface area contributed by atoms with Crippen LogP contribution in [0.2, 0.25) is 0 Å². The molecule has 1 saturated heterocycles. The number of esters is 1. The van der Waals surface area contributed by atoms with E-state index in [1.54, 1.807) is 31.4 Å². The van der Waals surface area contributed by atoms with Crippen LogP contribution in [0, 0.1) is 11.3 Å². The minimum atomic E-state index is -0.782. The third kappa shape index (κ3) is 5.52. The highest BCUT2D eigenvalue weighted by Crippen LogP contribution is 2.29. The molecule has 170 valence electrons. The molecule has 2 rings (SSSR count). The molecule has 1 heterocycles. The number of anilines is 1. The fourth-order valence-electron chi connectivity index (χ4n) is 3.28. The number of hydrogen-bond donors (Lipinski definition) is 2. The van der Waals surface area contributed by atoms with Crippen molar-refractivity contribution in [3.8, 4) is 5.75 Å². The number of rotatable bonds is 7. The molecule has 0 spiro atoms. The summed E-state index contributed by atoms with van der Waals surface area (Å²) in [4.78, 5) is 26.8. The predicted octanol–water partition coefficient (Wildman–Crippen LogP) is 1.15. The van der Waals surface area contributed by atoms with Crippen LogP contribution in [0.15, 0.2) is 34.5 Å². The molecule has 10 nitrogen and oxygen atoms in total. The minimum Gasteiger partial charge on any atom is -0.497 e. The number of hydrogen-bond acceptors (Lipinski definition) is 8. The quantitative estimate of drug-likeness (QED) is 0.285. The monoisotopic (exact) mass is 432 g/mol. The van der Waals surface area contributed by atoms with Crippen molar-refractivity contribution in [1.29, 1.82) is 0 Å². The summed E-state index contributed by atoms with van der Waals surface area (Å²) in [6.07, 6.45) is 0.276. The van der Waals surface area contributed by atoms with Crippen molar-refractivity contribution in [2.75, 3.05) is 25.9 Å². The van der Waals surface area contributed by atoms with Crippen LogP contribution in [0.4, 0.5) is 5.69 Å². The molecule has 1 aliphatic heterocycles. The molecule has 0 aliphatic carbocycles. The molecule has 0 aromatic heterocycles. The summed E-state index contributed by atoms with van der Waals surface area (Å²) in [5.74, 6) is -0.309. The Balaban J connectivity index is 2.26. The van der Waals surface area contributed by atoms with Crippen LogP contribution < -0.4 is 21.3 Å². The minimum absolute atomic E-state index is 0.200. The Labute approximate surface area is 182 Å². The van der Waals surface area contributed by atoms with Crippen molar-refractivity contribution in [3.63, 3.8) is 0 Å². The molecule has 1 aliphatic rings. The van der Waals surface area contributed by atoms with E-state index in [0.717, 1.165) is 0 Å². The van der Waals surface area contributed by atoms with E-state index < -0.39 is 23.5 Å². The first kappa shape index (κ1) is 24.1. The lowest BCUT2D eigenvalue weighted by Crippen LogP contribution is -2.53. The molecule has 10 heteroatoms. The molecule has 3 atom stereocenters. The van der Waals surface area contributed by atoms with Crippen LogP contribution in [0.25, 0.3) is 0 Å². The Hall–Kier alpha value is -3.14. The second kappa shape index (κ2) is 9.78. The van der Waals surface area contributed by atoms with Crippen molar-refractivity contribution >= 4 is 30.1 Å². The molecule has 1 fully saturated rings. The van der Waals surface area contributed by atoms with Crippen molar-refractivity contribution in [3.05, 3.63) is 24.3 Å². The summed E-state index contributed by atoms with van der Waals surface area (Å²) in [6, 6.07) is 5.48. The summed E-state index contributed by atoms with van der Waals surface area (Å²) in [5.41, 5.74) is 12.6. The molecular formula is C21H32N6O4. The third-order valence-corrected chi connectivity index (χ3v) is 5.32. The fourth-order valence-corrected chi connectivity index (χ4v) is 3.28. The summed E-state index contributed by atoms with van der Waals surface area (Å²) in [6.45, 7) is 9.34. The third-order valence-electron chi connectivity index (χ3n) is 5.32. The highest BCUT2D eigenvalue weighted by Gasteiger charge is 2.44. The summed E-state index contributed by atoms with van der Waals surface area (Å²) in [7, 11) is 2.86. The summed E-state index contributed by atoms with van der Waals surface area (Å²) < 4.78 is 10.0. The zero-order valence-corrected chi connectivity index (χ0v) is 18.7. The fraction of sp³-hybridized carbons (Fsp3) is 0.524. The van der Waals surface area contributed by atoms with Crippen LogP contribution >= 0.6 is 0 Å². The van der Waals surface area contributed by atoms with Gasteiger partial charge in [-0.05, 0) is 36.1 Å². The first-order valence-electron chi connectivity index (χ1n) is 9.92. The normalized spacial score (nSPS) is 20.2. The van der Waals surface area contributed by atoms with Crippen molar-refractivity contribution in [1.82, 2.24) is 4.90 Å². The molecule has 0 bridgehead atoms. The summed E-state index contributed by atoms with van der Waals surface area (Å²) in [5, 5.41) is 9.52. The van der Waals surface area contributed by atoms with Crippen molar-refractivity contribution in [2.45, 2.75) is 39.3 Å². The molecule has 1 aromatic rings. The number of carbonyl (C=O) groups excluding carboxylic acids is 2. The van der Waals surface area contributed by atoms with Gasteiger partial charge in [0.25, 0.3) is 0 Å². The maximum atomic E-state index is 13.0. The van der Waals surface area contributed by atoms with Gasteiger partial charge >= 0.3 is 5.97 Å². The van der Waals surface area contributed by atoms with E-state index in [0.29, 0.717) is 11.4 Å². The number of likely N-dealkylation sites (tertiary alicyclic amines) is 1. The van der Waals surface area contributed by atoms with E-state index in [-0.39, 0.29) is 30.6 Å². The number of nitrogens with two attached hydrogens (primary N) is 2. The Morgan fingerprint density at radius 2 is 1.87 bits per heavy atom. The lowest BCUT2D eigenvalue weighted by molar-refractivity contribution is -0.152. The van der Waals surface area contributed by atoms with Gasteiger partial charge in [0, 0.05) is 19.2 Å². The zero-order valence-electron chi connectivity index (χ0n) is 18.7. The first-order chi connectivity index (χ1) is 14.5. The number of hydrazone groups is 2. The van der Waals surface area contributed by atoms with Gasteiger partial charge in [-0.1, -0.05) is 20.8 Å². The molecule has 1 aromatic carbocycles. The average molecular weight is 433 g/mol. The van der Waals surface area contributed by atoms with E-state index in [4.69, 9.17) is 20.9 Å². The predicted molar refractivity (Wildman–Crippen MR) is 120 cm³/mol. The number of amides is 1. The Bertz CT molecular complexity index is 833. The van der Waals surface area contributed by atoms with Crippen LogP contribution in [-0.4, -0.2) is 62.2 Å². The van der Waals surface area contributed by atoms with Crippen molar-refractivity contribution in [2.24, 2.45) is 33.0 Å². The van der Waals surface area contributed by atoms with Gasteiger partial charge in [-0.3, -0.25) is 4.79 Å². The second-order valence-corrected chi connectivity index (χ2v) is 8.46. The molecule has 0 radical (unpaired) electrons. The number of nitrogens with zero attached hydrogens (tertiary/aromatic N) is 4. The Morgan fingerprint density at radius 1 is 1.26 bits per heavy atom.